The van der Waals surface area contributed by atoms with Crippen molar-refractivity contribution in [3.63, 3.8) is 0 Å². The molecule has 1 aliphatic heterocycles. The van der Waals surface area contributed by atoms with Gasteiger partial charge in [-0.05, 0) is 36.6 Å². The van der Waals surface area contributed by atoms with E-state index in [1.54, 1.807) is 17.0 Å². The molecule has 25 heavy (non-hydrogen) atoms. The van der Waals surface area contributed by atoms with Crippen molar-refractivity contribution in [2.45, 2.75) is 25.4 Å². The van der Waals surface area contributed by atoms with Crippen LogP contribution in [0.3, 0.4) is 0 Å². The molecule has 0 spiro atoms. The fourth-order valence-electron chi connectivity index (χ4n) is 3.09. The van der Waals surface area contributed by atoms with Crippen molar-refractivity contribution in [1.29, 1.82) is 0 Å². The topological polar surface area (TPSA) is 64.4 Å². The second kappa shape index (κ2) is 7.57. The number of ether oxygens (including phenoxy) is 1. The molecule has 1 atom stereocenters. The molecular weight excluding hydrogens is 325 g/mol. The van der Waals surface area contributed by atoms with E-state index in [9.17, 15) is 14.0 Å². The minimum Gasteiger partial charge on any atom is -0.383 e. The van der Waals surface area contributed by atoms with Gasteiger partial charge in [0, 0.05) is 19.7 Å². The Morgan fingerprint density at radius 3 is 2.76 bits per heavy atom. The Kier molecular flexibility index (Phi) is 5.23. The van der Waals surface area contributed by atoms with Gasteiger partial charge in [-0.15, -0.1) is 0 Å². The zero-order chi connectivity index (χ0) is 17.8. The van der Waals surface area contributed by atoms with Gasteiger partial charge in [-0.3, -0.25) is 9.59 Å². The lowest BCUT2D eigenvalue weighted by Crippen LogP contribution is -2.34. The smallest absolute Gasteiger partial charge is 0.274 e. The summed E-state index contributed by atoms with van der Waals surface area (Å²) in [5, 5.41) is 4.17. The molecule has 3 rings (SSSR count). The van der Waals surface area contributed by atoms with Gasteiger partial charge in [-0.1, -0.05) is 12.1 Å². The van der Waals surface area contributed by atoms with Crippen LogP contribution in [-0.2, 0) is 11.3 Å². The lowest BCUT2D eigenvalue weighted by molar-refractivity contribution is 0.0725. The number of hydrogen-bond donors (Lipinski definition) is 0. The Morgan fingerprint density at radius 2 is 2.04 bits per heavy atom. The first kappa shape index (κ1) is 17.3. The lowest BCUT2D eigenvalue weighted by atomic mass is 10.0. The van der Waals surface area contributed by atoms with Crippen molar-refractivity contribution >= 4 is 5.91 Å². The van der Waals surface area contributed by atoms with Crippen LogP contribution >= 0.6 is 0 Å². The fraction of sp³-hybridized carbons (Fsp3) is 0.389. The minimum absolute atomic E-state index is 0.103. The first-order valence-electron chi connectivity index (χ1n) is 8.23. The number of benzene rings is 1. The van der Waals surface area contributed by atoms with E-state index >= 15 is 0 Å². The summed E-state index contributed by atoms with van der Waals surface area (Å²) in [7, 11) is 1.54. The Hall–Kier alpha value is -2.54. The first-order chi connectivity index (χ1) is 12.1. The van der Waals surface area contributed by atoms with Crippen molar-refractivity contribution in [2.75, 3.05) is 20.3 Å². The van der Waals surface area contributed by atoms with Crippen molar-refractivity contribution < 1.29 is 13.9 Å². The van der Waals surface area contributed by atoms with Crippen LogP contribution in [0.4, 0.5) is 4.39 Å². The second-order valence-corrected chi connectivity index (χ2v) is 5.98. The van der Waals surface area contributed by atoms with Crippen molar-refractivity contribution in [1.82, 2.24) is 14.7 Å². The van der Waals surface area contributed by atoms with Gasteiger partial charge in [0.2, 0.25) is 0 Å². The van der Waals surface area contributed by atoms with E-state index in [-0.39, 0.29) is 35.6 Å². The molecule has 0 bridgehead atoms. The molecule has 1 aromatic carbocycles. The van der Waals surface area contributed by atoms with Crippen LogP contribution in [0.1, 0.15) is 34.9 Å². The zero-order valence-electron chi connectivity index (χ0n) is 14.0. The van der Waals surface area contributed by atoms with E-state index in [4.69, 9.17) is 4.74 Å². The van der Waals surface area contributed by atoms with Gasteiger partial charge in [0.15, 0.2) is 0 Å². The average molecular weight is 345 g/mol. The summed E-state index contributed by atoms with van der Waals surface area (Å²) in [5.41, 5.74) is 0.856. The Morgan fingerprint density at radius 1 is 1.28 bits per heavy atom. The number of hydrogen-bond acceptors (Lipinski definition) is 4. The maximum atomic E-state index is 13.1. The predicted molar refractivity (Wildman–Crippen MR) is 89.8 cm³/mol. The standard InChI is InChI=1S/C18H20FN3O3/c1-25-12-11-22-17(23)9-8-15(20-22)18(24)21-10-2-3-16(21)13-4-6-14(19)7-5-13/h4-9,16H,2-3,10-12H2,1H3/t16-/m0/s1. The fourth-order valence-corrected chi connectivity index (χ4v) is 3.09. The number of methoxy groups -OCH3 is 1. The Bertz CT molecular complexity index is 804. The van der Waals surface area contributed by atoms with Crippen molar-refractivity contribution in [3.05, 3.63) is 63.8 Å². The number of aromatic nitrogens is 2. The van der Waals surface area contributed by atoms with E-state index in [0.29, 0.717) is 13.2 Å². The van der Waals surface area contributed by atoms with Crippen LogP contribution in [0.2, 0.25) is 0 Å². The van der Waals surface area contributed by atoms with Gasteiger partial charge in [0.1, 0.15) is 11.5 Å². The molecule has 1 aliphatic rings. The molecule has 2 heterocycles. The van der Waals surface area contributed by atoms with Crippen LogP contribution in [0, 0.1) is 5.82 Å². The molecule has 6 nitrogen and oxygen atoms in total. The first-order valence-corrected chi connectivity index (χ1v) is 8.23. The highest BCUT2D eigenvalue weighted by atomic mass is 19.1. The molecule has 2 aromatic rings. The monoisotopic (exact) mass is 345 g/mol. The molecule has 0 saturated carbocycles. The third kappa shape index (κ3) is 3.76. The third-order valence-electron chi connectivity index (χ3n) is 4.36. The van der Waals surface area contributed by atoms with Gasteiger partial charge in [0.25, 0.3) is 11.5 Å². The summed E-state index contributed by atoms with van der Waals surface area (Å²) in [4.78, 5) is 26.4. The average Bonchev–Trinajstić information content (AvgIpc) is 3.11. The summed E-state index contributed by atoms with van der Waals surface area (Å²) in [6, 6.07) is 8.91. The van der Waals surface area contributed by atoms with E-state index < -0.39 is 0 Å². The number of carbonyl (C=O) groups excluding carboxylic acids is 1. The number of rotatable bonds is 5. The summed E-state index contributed by atoms with van der Waals surface area (Å²) < 4.78 is 19.3. The summed E-state index contributed by atoms with van der Waals surface area (Å²) in [6.45, 7) is 1.24. The molecule has 132 valence electrons. The van der Waals surface area contributed by atoms with Gasteiger partial charge in [-0.2, -0.15) is 5.10 Å². The van der Waals surface area contributed by atoms with E-state index in [0.717, 1.165) is 18.4 Å². The number of amides is 1. The number of nitrogens with zero attached hydrogens (tertiary/aromatic N) is 3. The molecule has 0 N–H and O–H groups in total. The normalized spacial score (nSPS) is 17.0. The quantitative estimate of drug-likeness (QED) is 0.831. The van der Waals surface area contributed by atoms with Crippen LogP contribution in [0.25, 0.3) is 0 Å². The second-order valence-electron chi connectivity index (χ2n) is 5.98. The molecule has 0 aliphatic carbocycles. The molecule has 0 unspecified atom stereocenters. The van der Waals surface area contributed by atoms with Crippen LogP contribution in [-0.4, -0.2) is 40.8 Å². The van der Waals surface area contributed by atoms with Crippen molar-refractivity contribution in [3.8, 4) is 0 Å². The molecular formula is C18H20FN3O3. The van der Waals surface area contributed by atoms with E-state index in [1.807, 2.05) is 0 Å². The minimum atomic E-state index is -0.300. The predicted octanol–water partition coefficient (Wildman–Crippen LogP) is 2.01. The van der Waals surface area contributed by atoms with Crippen molar-refractivity contribution in [2.24, 2.45) is 0 Å². The highest BCUT2D eigenvalue weighted by Crippen LogP contribution is 2.32. The van der Waals surface area contributed by atoms with Gasteiger partial charge in [-0.25, -0.2) is 9.07 Å². The molecule has 0 radical (unpaired) electrons. The zero-order valence-corrected chi connectivity index (χ0v) is 14.0. The van der Waals surface area contributed by atoms with Gasteiger partial charge < -0.3 is 9.64 Å². The Labute approximate surface area is 144 Å². The summed E-state index contributed by atoms with van der Waals surface area (Å²) >= 11 is 0. The lowest BCUT2D eigenvalue weighted by Gasteiger charge is -2.25. The summed E-state index contributed by atoms with van der Waals surface area (Å²) in [6.07, 6.45) is 1.69. The molecule has 1 saturated heterocycles. The number of carbonyl (C=O) groups is 1. The molecule has 1 fully saturated rings. The van der Waals surface area contributed by atoms with Gasteiger partial charge >= 0.3 is 0 Å². The number of halogens is 1. The third-order valence-corrected chi connectivity index (χ3v) is 4.36. The SMILES string of the molecule is COCCn1nc(C(=O)N2CCC[C@H]2c2ccc(F)cc2)ccc1=O. The highest BCUT2D eigenvalue weighted by Gasteiger charge is 2.31. The molecule has 1 aromatic heterocycles. The van der Waals surface area contributed by atoms with Crippen LogP contribution in [0.15, 0.2) is 41.2 Å². The van der Waals surface area contributed by atoms with E-state index in [2.05, 4.69) is 5.10 Å². The largest absolute Gasteiger partial charge is 0.383 e. The maximum absolute atomic E-state index is 13.1. The molecule has 1 amide bonds. The van der Waals surface area contributed by atoms with Gasteiger partial charge in [0.05, 0.1) is 19.2 Å². The molecule has 7 heteroatoms. The Balaban J connectivity index is 1.84. The van der Waals surface area contributed by atoms with Crippen LogP contribution < -0.4 is 5.56 Å². The van der Waals surface area contributed by atoms with E-state index in [1.165, 1.54) is 36.1 Å². The highest BCUT2D eigenvalue weighted by molar-refractivity contribution is 5.92. The number of likely N-dealkylation sites (tertiary alicyclic amines) is 1. The summed E-state index contributed by atoms with van der Waals surface area (Å²) in [5.74, 6) is -0.524. The van der Waals surface area contributed by atoms with Crippen LogP contribution in [0.5, 0.6) is 0 Å². The maximum Gasteiger partial charge on any atom is 0.274 e.